The van der Waals surface area contributed by atoms with E-state index in [0.29, 0.717) is 18.8 Å². The van der Waals surface area contributed by atoms with Crippen LogP contribution in [0.5, 0.6) is 0 Å². The van der Waals surface area contributed by atoms with Crippen LogP contribution in [0.3, 0.4) is 0 Å². The largest absolute Gasteiger partial charge is 0.341 e. The molecule has 2 aliphatic heterocycles. The van der Waals surface area contributed by atoms with Crippen molar-refractivity contribution in [3.05, 3.63) is 77.1 Å². The topological polar surface area (TPSA) is 75.1 Å². The van der Waals surface area contributed by atoms with E-state index < -0.39 is 0 Å². The summed E-state index contributed by atoms with van der Waals surface area (Å²) in [5.41, 5.74) is 2.89. The molecule has 2 aliphatic rings. The number of rotatable bonds is 6. The Bertz CT molecular complexity index is 1120. The third-order valence-corrected chi connectivity index (χ3v) is 7.04. The first-order valence-corrected chi connectivity index (χ1v) is 12.4. The van der Waals surface area contributed by atoms with Crippen molar-refractivity contribution in [1.82, 2.24) is 24.8 Å². The van der Waals surface area contributed by atoms with Gasteiger partial charge >= 0.3 is 0 Å². The normalized spacial score (nSPS) is 18.9. The second kappa shape index (κ2) is 10.5. The fourth-order valence-corrected chi connectivity index (χ4v) is 5.27. The molecule has 0 saturated carbocycles. The highest BCUT2D eigenvalue weighted by Gasteiger charge is 2.33. The van der Waals surface area contributed by atoms with Crippen molar-refractivity contribution in [2.75, 3.05) is 24.5 Å². The first kappa shape index (κ1) is 22.7. The van der Waals surface area contributed by atoms with E-state index in [1.807, 2.05) is 41.4 Å². The molecule has 8 heteroatoms. The molecule has 5 rings (SSSR count). The van der Waals surface area contributed by atoms with Crippen LogP contribution in [-0.2, 0) is 11.2 Å². The molecule has 2 fully saturated rings. The van der Waals surface area contributed by atoms with Gasteiger partial charge in [0.2, 0.25) is 11.9 Å². The fourth-order valence-electron chi connectivity index (χ4n) is 5.05. The SMILES string of the molecule is O=C(CC1CCN(c2ncccn2)CC1)N1CCCC1c1cncc(Cc2cccc(Cl)c2)n1. The average molecular weight is 477 g/mol. The van der Waals surface area contributed by atoms with Crippen molar-refractivity contribution in [3.8, 4) is 0 Å². The Morgan fingerprint density at radius 1 is 1.03 bits per heavy atom. The van der Waals surface area contributed by atoms with Gasteiger partial charge in [0.1, 0.15) is 0 Å². The molecule has 1 amide bonds. The van der Waals surface area contributed by atoms with E-state index >= 15 is 0 Å². The highest BCUT2D eigenvalue weighted by atomic mass is 35.5. The molecule has 1 aromatic carbocycles. The molecule has 7 nitrogen and oxygen atoms in total. The lowest BCUT2D eigenvalue weighted by atomic mass is 9.93. The molecule has 0 N–H and O–H groups in total. The maximum absolute atomic E-state index is 13.3. The Labute approximate surface area is 205 Å². The van der Waals surface area contributed by atoms with E-state index in [1.54, 1.807) is 18.6 Å². The van der Waals surface area contributed by atoms with Gasteiger partial charge in [0.05, 0.1) is 23.6 Å². The minimum Gasteiger partial charge on any atom is -0.341 e. The lowest BCUT2D eigenvalue weighted by molar-refractivity contribution is -0.133. The summed E-state index contributed by atoms with van der Waals surface area (Å²) in [6, 6.07) is 9.66. The number of benzene rings is 1. The molecule has 0 aliphatic carbocycles. The second-order valence-corrected chi connectivity index (χ2v) is 9.61. The Morgan fingerprint density at radius 3 is 2.65 bits per heavy atom. The Kier molecular flexibility index (Phi) is 7.00. The van der Waals surface area contributed by atoms with Gasteiger partial charge in [0.25, 0.3) is 0 Å². The minimum atomic E-state index is 0.0112. The highest BCUT2D eigenvalue weighted by Crippen LogP contribution is 2.33. The molecule has 0 radical (unpaired) electrons. The Morgan fingerprint density at radius 2 is 1.85 bits per heavy atom. The molecule has 0 bridgehead atoms. The van der Waals surface area contributed by atoms with Gasteiger partial charge < -0.3 is 9.80 Å². The number of carbonyl (C=O) groups excluding carboxylic acids is 1. The van der Waals surface area contributed by atoms with Gasteiger partial charge in [0.15, 0.2) is 0 Å². The van der Waals surface area contributed by atoms with Crippen LogP contribution in [0, 0.1) is 5.92 Å². The number of piperidine rings is 1. The Hall–Kier alpha value is -3.06. The van der Waals surface area contributed by atoms with Crippen molar-refractivity contribution >= 4 is 23.5 Å². The summed E-state index contributed by atoms with van der Waals surface area (Å²) < 4.78 is 0. The summed E-state index contributed by atoms with van der Waals surface area (Å²) in [4.78, 5) is 35.6. The number of amides is 1. The van der Waals surface area contributed by atoms with Gasteiger partial charge in [-0.15, -0.1) is 0 Å². The van der Waals surface area contributed by atoms with Crippen LogP contribution in [0.1, 0.15) is 55.1 Å². The first-order chi connectivity index (χ1) is 16.7. The molecule has 34 heavy (non-hydrogen) atoms. The lowest BCUT2D eigenvalue weighted by Gasteiger charge is -2.33. The molecule has 4 heterocycles. The molecule has 1 unspecified atom stereocenters. The zero-order valence-electron chi connectivity index (χ0n) is 19.2. The number of nitrogens with zero attached hydrogens (tertiary/aromatic N) is 6. The molecule has 1 atom stereocenters. The van der Waals surface area contributed by atoms with Crippen molar-refractivity contribution < 1.29 is 4.79 Å². The molecular weight excluding hydrogens is 448 g/mol. The van der Waals surface area contributed by atoms with Gasteiger partial charge in [-0.05, 0) is 55.4 Å². The number of hydrogen-bond donors (Lipinski definition) is 0. The van der Waals surface area contributed by atoms with Gasteiger partial charge in [-0.2, -0.15) is 0 Å². The van der Waals surface area contributed by atoms with E-state index in [9.17, 15) is 4.79 Å². The summed E-state index contributed by atoms with van der Waals surface area (Å²) >= 11 is 6.13. The number of likely N-dealkylation sites (tertiary alicyclic amines) is 1. The summed E-state index contributed by atoms with van der Waals surface area (Å²) in [6.45, 7) is 2.57. The molecular formula is C26H29ClN6O. The van der Waals surface area contributed by atoms with Crippen LogP contribution < -0.4 is 4.90 Å². The van der Waals surface area contributed by atoms with Crippen molar-refractivity contribution in [2.24, 2.45) is 5.92 Å². The predicted molar refractivity (Wildman–Crippen MR) is 132 cm³/mol. The van der Waals surface area contributed by atoms with Crippen molar-refractivity contribution in [3.63, 3.8) is 0 Å². The monoisotopic (exact) mass is 476 g/mol. The second-order valence-electron chi connectivity index (χ2n) is 9.17. The van der Waals surface area contributed by atoms with Crippen LogP contribution >= 0.6 is 11.6 Å². The van der Waals surface area contributed by atoms with Gasteiger partial charge in [-0.3, -0.25) is 14.8 Å². The highest BCUT2D eigenvalue weighted by molar-refractivity contribution is 6.30. The number of anilines is 1. The van der Waals surface area contributed by atoms with E-state index in [2.05, 4.69) is 19.9 Å². The fraction of sp³-hybridized carbons (Fsp3) is 0.423. The smallest absolute Gasteiger partial charge is 0.225 e. The van der Waals surface area contributed by atoms with Crippen molar-refractivity contribution in [2.45, 2.75) is 44.6 Å². The molecule has 0 spiro atoms. The number of halogens is 1. The molecule has 3 aromatic rings. The quantitative estimate of drug-likeness (QED) is 0.522. The summed E-state index contributed by atoms with van der Waals surface area (Å²) in [5.74, 6) is 1.41. The Balaban J connectivity index is 1.20. The van der Waals surface area contributed by atoms with Crippen LogP contribution in [0.25, 0.3) is 0 Å². The van der Waals surface area contributed by atoms with Crippen LogP contribution in [0.15, 0.2) is 55.1 Å². The van der Waals surface area contributed by atoms with E-state index in [-0.39, 0.29) is 11.9 Å². The summed E-state index contributed by atoms with van der Waals surface area (Å²) in [7, 11) is 0. The molecule has 2 aromatic heterocycles. The number of carbonyl (C=O) groups is 1. The standard InChI is InChI=1S/C26H29ClN6O/c27-21-5-1-4-20(14-21)15-22-17-28-18-23(31-22)24-6-2-11-33(24)25(34)16-19-7-12-32(13-8-19)26-29-9-3-10-30-26/h1,3-5,9-10,14,17-19,24H,2,6-8,11-13,15-16H2. The maximum atomic E-state index is 13.3. The van der Waals surface area contributed by atoms with Gasteiger partial charge in [-0.25, -0.2) is 9.97 Å². The third kappa shape index (κ3) is 5.36. The van der Waals surface area contributed by atoms with Crippen molar-refractivity contribution in [1.29, 1.82) is 0 Å². The summed E-state index contributed by atoms with van der Waals surface area (Å²) in [6.07, 6.45) is 12.3. The van der Waals surface area contributed by atoms with E-state index in [0.717, 1.165) is 73.2 Å². The average Bonchev–Trinajstić information content (AvgIpc) is 3.36. The van der Waals surface area contributed by atoms with Gasteiger partial charge in [-0.1, -0.05) is 23.7 Å². The lowest BCUT2D eigenvalue weighted by Crippen LogP contribution is -2.38. The van der Waals surface area contributed by atoms with Gasteiger partial charge in [0, 0.05) is 56.1 Å². The maximum Gasteiger partial charge on any atom is 0.225 e. The van der Waals surface area contributed by atoms with Crippen LogP contribution in [0.2, 0.25) is 5.02 Å². The minimum absolute atomic E-state index is 0.0112. The van der Waals surface area contributed by atoms with E-state index in [1.165, 1.54) is 0 Å². The van der Waals surface area contributed by atoms with Crippen LogP contribution in [-0.4, -0.2) is 50.4 Å². The van der Waals surface area contributed by atoms with E-state index in [4.69, 9.17) is 16.6 Å². The zero-order valence-corrected chi connectivity index (χ0v) is 19.9. The summed E-state index contributed by atoms with van der Waals surface area (Å²) in [5, 5.41) is 0.719. The predicted octanol–water partition coefficient (Wildman–Crippen LogP) is 4.48. The number of aromatic nitrogens is 4. The molecule has 176 valence electrons. The first-order valence-electron chi connectivity index (χ1n) is 12.0. The third-order valence-electron chi connectivity index (χ3n) is 6.80. The van der Waals surface area contributed by atoms with Crippen LogP contribution in [0.4, 0.5) is 5.95 Å². The molecule has 2 saturated heterocycles. The zero-order chi connectivity index (χ0) is 23.3. The number of hydrogen-bond acceptors (Lipinski definition) is 6.